The Bertz CT molecular complexity index is 670. The van der Waals surface area contributed by atoms with Crippen LogP contribution in [0.4, 0.5) is 0 Å². The lowest BCUT2D eigenvalue weighted by Gasteiger charge is -2.36. The minimum atomic E-state index is -0.0586. The molecule has 1 fully saturated rings. The van der Waals surface area contributed by atoms with Crippen LogP contribution in [0.2, 0.25) is 0 Å². The van der Waals surface area contributed by atoms with Gasteiger partial charge in [-0.1, -0.05) is 65.8 Å². The summed E-state index contributed by atoms with van der Waals surface area (Å²) in [5.41, 5.74) is 1.80. The molecule has 0 N–H and O–H groups in total. The van der Waals surface area contributed by atoms with Gasteiger partial charge in [0, 0.05) is 0 Å². The number of carbonyl (C=O) groups is 1. The molecule has 0 radical (unpaired) electrons. The lowest BCUT2D eigenvalue weighted by atomic mass is 9.69. The number of allylic oxidation sites excluding steroid dienone is 2. The summed E-state index contributed by atoms with van der Waals surface area (Å²) in [6, 6.07) is 8.23. The molecule has 2 bridgehead atoms. The first-order valence-electron chi connectivity index (χ1n) is 10.0. The zero-order valence-corrected chi connectivity index (χ0v) is 17.2. The van der Waals surface area contributed by atoms with Crippen LogP contribution in [0.5, 0.6) is 5.75 Å². The Hall–Kier alpha value is -1.57. The van der Waals surface area contributed by atoms with E-state index in [1.807, 2.05) is 12.1 Å². The third-order valence-electron chi connectivity index (χ3n) is 5.94. The summed E-state index contributed by atoms with van der Waals surface area (Å²) in [4.78, 5) is 12.5. The lowest BCUT2D eigenvalue weighted by molar-refractivity contribution is -0.139. The summed E-state index contributed by atoms with van der Waals surface area (Å²) < 4.78 is 5.70. The average molecular weight is 355 g/mol. The molecule has 0 spiro atoms. The molecule has 2 aliphatic carbocycles. The van der Waals surface area contributed by atoms with Gasteiger partial charge in [0.25, 0.3) is 0 Å². The van der Waals surface area contributed by atoms with Crippen LogP contribution in [-0.2, 0) is 4.79 Å². The lowest BCUT2D eigenvalue weighted by Crippen LogP contribution is -2.24. The van der Waals surface area contributed by atoms with Gasteiger partial charge in [-0.25, -0.2) is 0 Å². The highest BCUT2D eigenvalue weighted by Gasteiger charge is 2.41. The maximum atomic E-state index is 12.5. The maximum absolute atomic E-state index is 12.5. The van der Waals surface area contributed by atoms with Crippen LogP contribution in [0, 0.1) is 28.6 Å². The highest BCUT2D eigenvalue weighted by atomic mass is 16.5. The third kappa shape index (κ3) is 4.39. The summed E-state index contributed by atoms with van der Waals surface area (Å²) in [6.07, 6.45) is 7.66. The Morgan fingerprint density at radius 3 is 2.15 bits per heavy atom. The molecule has 4 atom stereocenters. The van der Waals surface area contributed by atoms with Crippen LogP contribution >= 0.6 is 0 Å². The van der Waals surface area contributed by atoms with Crippen molar-refractivity contribution >= 4 is 5.97 Å². The third-order valence-corrected chi connectivity index (χ3v) is 5.94. The molecule has 4 unspecified atom stereocenters. The molecule has 2 nitrogen and oxygen atoms in total. The highest BCUT2D eigenvalue weighted by molar-refractivity contribution is 5.76. The Morgan fingerprint density at radius 1 is 1.04 bits per heavy atom. The summed E-state index contributed by atoms with van der Waals surface area (Å²) in [5.74, 6) is 2.12. The Labute approximate surface area is 159 Å². The Kier molecular flexibility index (Phi) is 5.07. The fourth-order valence-electron chi connectivity index (χ4n) is 4.55. The predicted octanol–water partition coefficient (Wildman–Crippen LogP) is 6.37. The molecule has 1 saturated carbocycles. The number of esters is 1. The molecule has 0 aliphatic heterocycles. The van der Waals surface area contributed by atoms with Gasteiger partial charge in [-0.2, -0.15) is 0 Å². The quantitative estimate of drug-likeness (QED) is 0.357. The molecule has 1 aromatic carbocycles. The van der Waals surface area contributed by atoms with E-state index in [0.717, 1.165) is 19.3 Å². The molecule has 0 saturated heterocycles. The second-order valence-electron chi connectivity index (χ2n) is 10.6. The van der Waals surface area contributed by atoms with E-state index in [1.54, 1.807) is 0 Å². The van der Waals surface area contributed by atoms with E-state index in [4.69, 9.17) is 4.74 Å². The van der Waals surface area contributed by atoms with Crippen LogP contribution in [-0.4, -0.2) is 5.97 Å². The second-order valence-corrected chi connectivity index (χ2v) is 10.6. The molecule has 1 aromatic rings. The van der Waals surface area contributed by atoms with Gasteiger partial charge in [-0.05, 0) is 65.5 Å². The largest absolute Gasteiger partial charge is 0.426 e. The number of ether oxygens (including phenoxy) is 1. The number of benzene rings is 1. The van der Waals surface area contributed by atoms with E-state index in [9.17, 15) is 4.79 Å². The molecule has 0 aromatic heterocycles. The molecular formula is C24H34O2. The van der Waals surface area contributed by atoms with Crippen LogP contribution < -0.4 is 4.74 Å². The molecule has 2 aliphatic rings. The monoisotopic (exact) mass is 354 g/mol. The van der Waals surface area contributed by atoms with Crippen molar-refractivity contribution in [3.05, 3.63) is 42.0 Å². The van der Waals surface area contributed by atoms with Gasteiger partial charge >= 0.3 is 5.97 Å². The normalized spacial score (nSPS) is 26.2. The molecule has 0 amide bonds. The van der Waals surface area contributed by atoms with Crippen molar-refractivity contribution in [2.45, 2.75) is 66.7 Å². The summed E-state index contributed by atoms with van der Waals surface area (Å²) in [6.45, 7) is 13.8. The minimum absolute atomic E-state index is 0.0490. The standard InChI is InChI=1S/C24H34O2/c1-23(2,3)15-21(24(4,5)6)17-9-11-19(12-10-17)26-22(25)20-14-16-7-8-18(20)13-16/h7-12,16,18,20-21H,13-15H2,1-6H3. The van der Waals surface area contributed by atoms with Gasteiger partial charge in [0.05, 0.1) is 5.92 Å². The van der Waals surface area contributed by atoms with Crippen molar-refractivity contribution in [1.82, 2.24) is 0 Å². The minimum Gasteiger partial charge on any atom is -0.426 e. The SMILES string of the molecule is CC(C)(C)CC(c1ccc(OC(=O)C2CC3C=CC2C3)cc1)C(C)(C)C. The van der Waals surface area contributed by atoms with Gasteiger partial charge in [0.15, 0.2) is 0 Å². The fourth-order valence-corrected chi connectivity index (χ4v) is 4.55. The van der Waals surface area contributed by atoms with Crippen molar-refractivity contribution in [3.63, 3.8) is 0 Å². The van der Waals surface area contributed by atoms with Crippen LogP contribution in [0.3, 0.4) is 0 Å². The van der Waals surface area contributed by atoms with Gasteiger partial charge < -0.3 is 4.74 Å². The fraction of sp³-hybridized carbons (Fsp3) is 0.625. The van der Waals surface area contributed by atoms with Crippen molar-refractivity contribution in [3.8, 4) is 5.75 Å². The van der Waals surface area contributed by atoms with Crippen molar-refractivity contribution in [1.29, 1.82) is 0 Å². The van der Waals surface area contributed by atoms with E-state index < -0.39 is 0 Å². The smallest absolute Gasteiger partial charge is 0.314 e. The van der Waals surface area contributed by atoms with E-state index in [-0.39, 0.29) is 22.7 Å². The van der Waals surface area contributed by atoms with Crippen LogP contribution in [0.25, 0.3) is 0 Å². The number of carbonyl (C=O) groups excluding carboxylic acids is 1. The van der Waals surface area contributed by atoms with E-state index >= 15 is 0 Å². The Morgan fingerprint density at radius 2 is 1.69 bits per heavy atom. The number of hydrogen-bond acceptors (Lipinski definition) is 2. The topological polar surface area (TPSA) is 26.3 Å². The molecule has 142 valence electrons. The zero-order chi connectivity index (χ0) is 19.1. The zero-order valence-electron chi connectivity index (χ0n) is 17.2. The van der Waals surface area contributed by atoms with E-state index in [0.29, 0.717) is 23.5 Å². The second kappa shape index (κ2) is 6.87. The molecule has 2 heteroatoms. The number of fused-ring (bicyclic) bond motifs is 2. The van der Waals surface area contributed by atoms with Gasteiger partial charge in [-0.3, -0.25) is 4.79 Å². The molecular weight excluding hydrogens is 320 g/mol. The highest BCUT2D eigenvalue weighted by Crippen LogP contribution is 2.45. The summed E-state index contributed by atoms with van der Waals surface area (Å²) in [5, 5.41) is 0. The van der Waals surface area contributed by atoms with Crippen LogP contribution in [0.1, 0.15) is 72.3 Å². The average Bonchev–Trinajstić information content (AvgIpc) is 3.15. The molecule has 26 heavy (non-hydrogen) atoms. The first-order chi connectivity index (χ1) is 12.0. The Balaban J connectivity index is 1.69. The van der Waals surface area contributed by atoms with Gasteiger partial charge in [0.1, 0.15) is 5.75 Å². The summed E-state index contributed by atoms with van der Waals surface area (Å²) >= 11 is 0. The first kappa shape index (κ1) is 19.2. The molecule has 3 rings (SSSR count). The predicted molar refractivity (Wildman–Crippen MR) is 107 cm³/mol. The van der Waals surface area contributed by atoms with E-state index in [2.05, 4.69) is 65.8 Å². The van der Waals surface area contributed by atoms with Crippen LogP contribution in [0.15, 0.2) is 36.4 Å². The number of rotatable bonds is 4. The van der Waals surface area contributed by atoms with Gasteiger partial charge in [-0.15, -0.1) is 0 Å². The molecule has 0 heterocycles. The van der Waals surface area contributed by atoms with E-state index in [1.165, 1.54) is 5.56 Å². The van der Waals surface area contributed by atoms with Gasteiger partial charge in [0.2, 0.25) is 0 Å². The number of hydrogen-bond donors (Lipinski definition) is 0. The van der Waals surface area contributed by atoms with Crippen molar-refractivity contribution in [2.24, 2.45) is 28.6 Å². The van der Waals surface area contributed by atoms with Crippen molar-refractivity contribution in [2.75, 3.05) is 0 Å². The maximum Gasteiger partial charge on any atom is 0.314 e. The summed E-state index contributed by atoms with van der Waals surface area (Å²) in [7, 11) is 0. The first-order valence-corrected chi connectivity index (χ1v) is 10.0. The van der Waals surface area contributed by atoms with Crippen molar-refractivity contribution < 1.29 is 9.53 Å².